The molecule has 20 heavy (non-hydrogen) atoms. The zero-order valence-corrected chi connectivity index (χ0v) is 12.3. The van der Waals surface area contributed by atoms with Gasteiger partial charge in [-0.3, -0.25) is 0 Å². The van der Waals surface area contributed by atoms with Crippen molar-refractivity contribution in [2.45, 2.75) is 18.4 Å². The van der Waals surface area contributed by atoms with Gasteiger partial charge in [0.15, 0.2) is 0 Å². The van der Waals surface area contributed by atoms with Gasteiger partial charge in [-0.15, -0.1) is 0 Å². The molecular weight excluding hydrogens is 276 g/mol. The number of aromatic nitrogens is 2. The molecule has 108 valence electrons. The summed E-state index contributed by atoms with van der Waals surface area (Å²) in [5, 5.41) is 3.20. The lowest BCUT2D eigenvalue weighted by Gasteiger charge is -2.08. The summed E-state index contributed by atoms with van der Waals surface area (Å²) < 4.78 is 28.0. The number of benzene rings is 1. The Morgan fingerprint density at radius 2 is 1.95 bits per heavy atom. The zero-order chi connectivity index (χ0) is 14.6. The van der Waals surface area contributed by atoms with Crippen molar-refractivity contribution < 1.29 is 8.42 Å². The second-order valence-electron chi connectivity index (χ2n) is 4.33. The van der Waals surface area contributed by atoms with Crippen molar-refractivity contribution in [1.82, 2.24) is 14.3 Å². The number of hydrogen-bond donors (Lipinski definition) is 2. The van der Waals surface area contributed by atoms with E-state index in [-0.39, 0.29) is 4.90 Å². The van der Waals surface area contributed by atoms with Crippen LogP contribution in [-0.2, 0) is 23.6 Å². The second-order valence-corrected chi connectivity index (χ2v) is 6.10. The fourth-order valence-corrected chi connectivity index (χ4v) is 2.81. The molecule has 0 aliphatic heterocycles. The third-order valence-corrected chi connectivity index (χ3v) is 4.43. The molecule has 0 fully saturated rings. The predicted molar refractivity (Wildman–Crippen MR) is 77.8 cm³/mol. The Balaban J connectivity index is 2.04. The number of rotatable bonds is 6. The van der Waals surface area contributed by atoms with Gasteiger partial charge in [0, 0.05) is 31.7 Å². The molecule has 0 aliphatic rings. The standard InChI is InChI=1S/C13H18N4O2S/c1-3-16-20(18,19)12-6-4-11(5-7-12)15-10-13-14-8-9-17(13)2/h4-9,15-16H,3,10H2,1-2H3. The van der Waals surface area contributed by atoms with Crippen LogP contribution in [0, 0.1) is 0 Å². The maximum atomic E-state index is 11.8. The van der Waals surface area contributed by atoms with Crippen molar-refractivity contribution in [2.75, 3.05) is 11.9 Å². The Morgan fingerprint density at radius 1 is 1.25 bits per heavy atom. The first-order chi connectivity index (χ1) is 9.53. The summed E-state index contributed by atoms with van der Waals surface area (Å²) in [6.45, 7) is 2.71. The molecule has 0 atom stereocenters. The highest BCUT2D eigenvalue weighted by Crippen LogP contribution is 2.14. The highest BCUT2D eigenvalue weighted by Gasteiger charge is 2.11. The van der Waals surface area contributed by atoms with E-state index in [2.05, 4.69) is 15.0 Å². The zero-order valence-electron chi connectivity index (χ0n) is 11.5. The van der Waals surface area contributed by atoms with Crippen LogP contribution in [0.2, 0.25) is 0 Å². The van der Waals surface area contributed by atoms with Crippen molar-refractivity contribution in [3.05, 3.63) is 42.5 Å². The van der Waals surface area contributed by atoms with E-state index in [1.807, 2.05) is 17.8 Å². The van der Waals surface area contributed by atoms with Crippen molar-refractivity contribution in [3.63, 3.8) is 0 Å². The van der Waals surface area contributed by atoms with E-state index < -0.39 is 10.0 Å². The first-order valence-electron chi connectivity index (χ1n) is 6.32. The van der Waals surface area contributed by atoms with Gasteiger partial charge in [-0.05, 0) is 24.3 Å². The Morgan fingerprint density at radius 3 is 2.50 bits per heavy atom. The molecule has 2 aromatic rings. The van der Waals surface area contributed by atoms with Gasteiger partial charge in [-0.1, -0.05) is 6.92 Å². The van der Waals surface area contributed by atoms with Gasteiger partial charge in [-0.2, -0.15) is 0 Å². The summed E-state index contributed by atoms with van der Waals surface area (Å²) in [6.07, 6.45) is 3.62. The highest BCUT2D eigenvalue weighted by atomic mass is 32.2. The molecule has 0 saturated heterocycles. The van der Waals surface area contributed by atoms with Crippen LogP contribution in [0.5, 0.6) is 0 Å². The van der Waals surface area contributed by atoms with Gasteiger partial charge in [0.1, 0.15) is 5.82 Å². The van der Waals surface area contributed by atoms with Crippen LogP contribution in [0.3, 0.4) is 0 Å². The molecule has 1 heterocycles. The smallest absolute Gasteiger partial charge is 0.240 e. The first kappa shape index (κ1) is 14.5. The van der Waals surface area contributed by atoms with E-state index in [9.17, 15) is 8.42 Å². The summed E-state index contributed by atoms with van der Waals surface area (Å²) in [5.74, 6) is 0.911. The number of sulfonamides is 1. The lowest BCUT2D eigenvalue weighted by Crippen LogP contribution is -2.23. The number of nitrogens with zero attached hydrogens (tertiary/aromatic N) is 2. The highest BCUT2D eigenvalue weighted by molar-refractivity contribution is 7.89. The van der Waals surface area contributed by atoms with Gasteiger partial charge < -0.3 is 9.88 Å². The maximum absolute atomic E-state index is 11.8. The quantitative estimate of drug-likeness (QED) is 0.843. The van der Waals surface area contributed by atoms with E-state index in [0.29, 0.717) is 13.1 Å². The number of nitrogens with one attached hydrogen (secondary N) is 2. The van der Waals surface area contributed by atoms with Crippen LogP contribution in [0.15, 0.2) is 41.6 Å². The third kappa shape index (κ3) is 3.37. The summed E-state index contributed by atoms with van der Waals surface area (Å²) in [5.41, 5.74) is 0.850. The minimum absolute atomic E-state index is 0.266. The van der Waals surface area contributed by atoms with Crippen molar-refractivity contribution in [3.8, 4) is 0 Å². The third-order valence-electron chi connectivity index (χ3n) is 2.87. The van der Waals surface area contributed by atoms with Gasteiger partial charge in [0.2, 0.25) is 10.0 Å². The lowest BCUT2D eigenvalue weighted by molar-refractivity contribution is 0.584. The molecule has 1 aromatic carbocycles. The average molecular weight is 294 g/mol. The topological polar surface area (TPSA) is 76.0 Å². The minimum atomic E-state index is -3.39. The largest absolute Gasteiger partial charge is 0.378 e. The molecular formula is C13H18N4O2S. The van der Waals surface area contributed by atoms with Crippen LogP contribution in [0.25, 0.3) is 0 Å². The molecule has 0 saturated carbocycles. The number of aryl methyl sites for hydroxylation is 1. The first-order valence-corrected chi connectivity index (χ1v) is 7.81. The Kier molecular flexibility index (Phi) is 4.41. The summed E-state index contributed by atoms with van der Waals surface area (Å²) in [6, 6.07) is 6.65. The summed E-state index contributed by atoms with van der Waals surface area (Å²) in [7, 11) is -1.46. The fourth-order valence-electron chi connectivity index (χ4n) is 1.77. The molecule has 2 rings (SSSR count). The molecule has 0 bridgehead atoms. The molecule has 6 nitrogen and oxygen atoms in total. The normalized spacial score (nSPS) is 11.5. The maximum Gasteiger partial charge on any atom is 0.240 e. The van der Waals surface area contributed by atoms with Crippen LogP contribution >= 0.6 is 0 Å². The fraction of sp³-hybridized carbons (Fsp3) is 0.308. The number of anilines is 1. The molecule has 1 aromatic heterocycles. The second kappa shape index (κ2) is 6.06. The molecule has 0 radical (unpaired) electrons. The van der Waals surface area contributed by atoms with Crippen molar-refractivity contribution >= 4 is 15.7 Å². The van der Waals surface area contributed by atoms with Gasteiger partial charge in [0.25, 0.3) is 0 Å². The lowest BCUT2D eigenvalue weighted by atomic mass is 10.3. The number of imidazole rings is 1. The van der Waals surface area contributed by atoms with Gasteiger partial charge in [-0.25, -0.2) is 18.1 Å². The van der Waals surface area contributed by atoms with Gasteiger partial charge in [0.05, 0.1) is 11.4 Å². The van der Waals surface area contributed by atoms with E-state index in [4.69, 9.17) is 0 Å². The Bertz CT molecular complexity index is 662. The van der Waals surface area contributed by atoms with E-state index >= 15 is 0 Å². The van der Waals surface area contributed by atoms with E-state index in [0.717, 1.165) is 11.5 Å². The summed E-state index contributed by atoms with van der Waals surface area (Å²) in [4.78, 5) is 4.47. The molecule has 7 heteroatoms. The Hall–Kier alpha value is -1.86. The van der Waals surface area contributed by atoms with E-state index in [1.54, 1.807) is 37.4 Å². The van der Waals surface area contributed by atoms with Crippen molar-refractivity contribution in [2.24, 2.45) is 7.05 Å². The average Bonchev–Trinajstić information content (AvgIpc) is 2.82. The monoisotopic (exact) mass is 294 g/mol. The molecule has 2 N–H and O–H groups in total. The Labute approximate surface area is 118 Å². The van der Waals surface area contributed by atoms with Crippen molar-refractivity contribution in [1.29, 1.82) is 0 Å². The molecule has 0 amide bonds. The van der Waals surface area contributed by atoms with Gasteiger partial charge >= 0.3 is 0 Å². The molecule has 0 unspecified atom stereocenters. The predicted octanol–water partition coefficient (Wildman–Crippen LogP) is 1.33. The molecule has 0 aliphatic carbocycles. The summed E-state index contributed by atoms with van der Waals surface area (Å²) >= 11 is 0. The van der Waals surface area contributed by atoms with Crippen LogP contribution in [-0.4, -0.2) is 24.5 Å². The SMILES string of the molecule is CCNS(=O)(=O)c1ccc(NCc2nccn2C)cc1. The minimum Gasteiger partial charge on any atom is -0.378 e. The van der Waals surface area contributed by atoms with Crippen LogP contribution in [0.1, 0.15) is 12.7 Å². The van der Waals surface area contributed by atoms with E-state index in [1.165, 1.54) is 0 Å². The van der Waals surface area contributed by atoms with Crippen LogP contribution < -0.4 is 10.0 Å². The van der Waals surface area contributed by atoms with Crippen LogP contribution in [0.4, 0.5) is 5.69 Å². The molecule has 0 spiro atoms. The number of hydrogen-bond acceptors (Lipinski definition) is 4.